The first-order valence-corrected chi connectivity index (χ1v) is 6.92. The van der Waals surface area contributed by atoms with E-state index in [1.54, 1.807) is 0 Å². The van der Waals surface area contributed by atoms with Gasteiger partial charge in [0.15, 0.2) is 0 Å². The van der Waals surface area contributed by atoms with Crippen molar-refractivity contribution in [1.82, 2.24) is 15.3 Å². The maximum atomic E-state index is 5.39. The highest BCUT2D eigenvalue weighted by Gasteiger charge is 2.19. The molecule has 1 N–H and O–H groups in total. The Hall–Kier alpha value is -1.00. The summed E-state index contributed by atoms with van der Waals surface area (Å²) in [4.78, 5) is 9.23. The van der Waals surface area contributed by atoms with Crippen molar-refractivity contribution < 1.29 is 4.74 Å². The minimum atomic E-state index is 0.476. The number of ether oxygens (including phenoxy) is 1. The molecule has 1 aliphatic heterocycles. The molecular formula is C14H23N3O. The van der Waals surface area contributed by atoms with Crippen LogP contribution < -0.4 is 5.32 Å². The van der Waals surface area contributed by atoms with Crippen LogP contribution in [0.15, 0.2) is 6.20 Å². The highest BCUT2D eigenvalue weighted by atomic mass is 16.5. The molecule has 0 spiro atoms. The van der Waals surface area contributed by atoms with Gasteiger partial charge in [0.25, 0.3) is 0 Å². The number of hydrogen-bond donors (Lipinski definition) is 1. The third kappa shape index (κ3) is 3.50. The lowest BCUT2D eigenvalue weighted by molar-refractivity contribution is 0.0835. The summed E-state index contributed by atoms with van der Waals surface area (Å²) in [6.45, 7) is 7.81. The molecule has 4 heteroatoms. The van der Waals surface area contributed by atoms with Crippen LogP contribution in [0.4, 0.5) is 0 Å². The molecule has 0 aliphatic carbocycles. The van der Waals surface area contributed by atoms with Gasteiger partial charge in [0.2, 0.25) is 0 Å². The Kier molecular flexibility index (Phi) is 5.08. The summed E-state index contributed by atoms with van der Waals surface area (Å²) in [5.74, 6) is 1.47. The lowest BCUT2D eigenvalue weighted by Gasteiger charge is -2.21. The van der Waals surface area contributed by atoms with E-state index in [0.717, 1.165) is 57.1 Å². The second-order valence-corrected chi connectivity index (χ2v) is 4.92. The lowest BCUT2D eigenvalue weighted by Crippen LogP contribution is -2.20. The fourth-order valence-electron chi connectivity index (χ4n) is 2.21. The van der Waals surface area contributed by atoms with E-state index in [2.05, 4.69) is 24.1 Å². The Balaban J connectivity index is 2.04. The average molecular weight is 249 g/mol. The molecular weight excluding hydrogens is 226 g/mol. The van der Waals surface area contributed by atoms with Gasteiger partial charge in [-0.15, -0.1) is 0 Å². The maximum Gasteiger partial charge on any atom is 0.131 e. The molecule has 1 fully saturated rings. The maximum absolute atomic E-state index is 5.39. The van der Waals surface area contributed by atoms with Gasteiger partial charge in [-0.05, 0) is 38.3 Å². The molecule has 0 radical (unpaired) electrons. The van der Waals surface area contributed by atoms with Crippen LogP contribution in [0.25, 0.3) is 0 Å². The van der Waals surface area contributed by atoms with E-state index in [0.29, 0.717) is 5.92 Å². The highest BCUT2D eigenvalue weighted by molar-refractivity contribution is 5.17. The van der Waals surface area contributed by atoms with Gasteiger partial charge in [-0.25, -0.2) is 9.97 Å². The molecule has 1 saturated heterocycles. The van der Waals surface area contributed by atoms with E-state index in [1.165, 1.54) is 5.56 Å². The summed E-state index contributed by atoms with van der Waals surface area (Å²) in [5, 5.41) is 3.41. The smallest absolute Gasteiger partial charge is 0.131 e. The fraction of sp³-hybridized carbons (Fsp3) is 0.714. The van der Waals surface area contributed by atoms with Crippen LogP contribution >= 0.6 is 0 Å². The van der Waals surface area contributed by atoms with Crippen molar-refractivity contribution in [2.45, 2.75) is 45.6 Å². The number of nitrogens with one attached hydrogen (secondary N) is 1. The van der Waals surface area contributed by atoms with Crippen molar-refractivity contribution >= 4 is 0 Å². The SMILES string of the molecule is CCCNCc1nc(C2CCOCC2)ncc1C. The summed E-state index contributed by atoms with van der Waals surface area (Å²) in [6.07, 6.45) is 5.20. The number of hydrogen-bond acceptors (Lipinski definition) is 4. The van der Waals surface area contributed by atoms with Gasteiger partial charge in [0, 0.05) is 31.9 Å². The first kappa shape index (κ1) is 13.4. The van der Waals surface area contributed by atoms with Crippen molar-refractivity contribution in [3.05, 3.63) is 23.3 Å². The molecule has 0 saturated carbocycles. The predicted octanol–water partition coefficient (Wildman–Crippen LogP) is 2.18. The van der Waals surface area contributed by atoms with Crippen LogP contribution in [0, 0.1) is 6.92 Å². The molecule has 0 bridgehead atoms. The number of nitrogens with zero attached hydrogens (tertiary/aromatic N) is 2. The minimum absolute atomic E-state index is 0.476. The molecule has 2 rings (SSSR count). The van der Waals surface area contributed by atoms with Crippen LogP contribution in [0.3, 0.4) is 0 Å². The zero-order chi connectivity index (χ0) is 12.8. The quantitative estimate of drug-likeness (QED) is 0.813. The summed E-state index contributed by atoms with van der Waals surface area (Å²) in [5.41, 5.74) is 2.31. The molecule has 1 aromatic rings. The van der Waals surface area contributed by atoms with E-state index < -0.39 is 0 Å². The summed E-state index contributed by atoms with van der Waals surface area (Å²) in [6, 6.07) is 0. The fourth-order valence-corrected chi connectivity index (χ4v) is 2.21. The Bertz CT molecular complexity index is 375. The van der Waals surface area contributed by atoms with Crippen molar-refractivity contribution in [1.29, 1.82) is 0 Å². The highest BCUT2D eigenvalue weighted by Crippen LogP contribution is 2.24. The monoisotopic (exact) mass is 249 g/mol. The van der Waals surface area contributed by atoms with E-state index in [9.17, 15) is 0 Å². The van der Waals surface area contributed by atoms with Gasteiger partial charge >= 0.3 is 0 Å². The molecule has 18 heavy (non-hydrogen) atoms. The van der Waals surface area contributed by atoms with Crippen molar-refractivity contribution in [2.75, 3.05) is 19.8 Å². The summed E-state index contributed by atoms with van der Waals surface area (Å²) >= 11 is 0. The molecule has 4 nitrogen and oxygen atoms in total. The standard InChI is InChI=1S/C14H23N3O/c1-3-6-15-10-13-11(2)9-16-14(17-13)12-4-7-18-8-5-12/h9,12,15H,3-8,10H2,1-2H3. The van der Waals surface area contributed by atoms with E-state index >= 15 is 0 Å². The Labute approximate surface area is 109 Å². The molecule has 100 valence electrons. The minimum Gasteiger partial charge on any atom is -0.381 e. The first-order chi connectivity index (χ1) is 8.81. The Morgan fingerprint density at radius 3 is 2.89 bits per heavy atom. The molecule has 0 unspecified atom stereocenters. The van der Waals surface area contributed by atoms with Gasteiger partial charge in [0.1, 0.15) is 5.82 Å². The second kappa shape index (κ2) is 6.81. The zero-order valence-electron chi connectivity index (χ0n) is 11.4. The third-order valence-electron chi connectivity index (χ3n) is 3.40. The van der Waals surface area contributed by atoms with Crippen LogP contribution in [-0.2, 0) is 11.3 Å². The predicted molar refractivity (Wildman–Crippen MR) is 71.6 cm³/mol. The normalized spacial score (nSPS) is 17.0. The van der Waals surface area contributed by atoms with E-state index in [4.69, 9.17) is 9.72 Å². The van der Waals surface area contributed by atoms with Gasteiger partial charge < -0.3 is 10.1 Å². The van der Waals surface area contributed by atoms with Crippen LogP contribution in [-0.4, -0.2) is 29.7 Å². The summed E-state index contributed by atoms with van der Waals surface area (Å²) < 4.78 is 5.39. The third-order valence-corrected chi connectivity index (χ3v) is 3.40. The van der Waals surface area contributed by atoms with E-state index in [1.807, 2.05) is 6.20 Å². The van der Waals surface area contributed by atoms with Crippen molar-refractivity contribution in [2.24, 2.45) is 0 Å². The first-order valence-electron chi connectivity index (χ1n) is 6.92. The lowest BCUT2D eigenvalue weighted by atomic mass is 9.99. The number of rotatable bonds is 5. The Morgan fingerprint density at radius 1 is 1.39 bits per heavy atom. The number of aryl methyl sites for hydroxylation is 1. The molecule has 1 aromatic heterocycles. The molecule has 0 atom stereocenters. The van der Waals surface area contributed by atoms with Gasteiger partial charge in [-0.1, -0.05) is 6.92 Å². The second-order valence-electron chi connectivity index (χ2n) is 4.92. The number of aromatic nitrogens is 2. The average Bonchev–Trinajstić information content (AvgIpc) is 2.42. The Morgan fingerprint density at radius 2 is 2.17 bits per heavy atom. The largest absolute Gasteiger partial charge is 0.381 e. The van der Waals surface area contributed by atoms with E-state index in [-0.39, 0.29) is 0 Å². The summed E-state index contributed by atoms with van der Waals surface area (Å²) in [7, 11) is 0. The van der Waals surface area contributed by atoms with Gasteiger partial charge in [-0.3, -0.25) is 0 Å². The molecule has 1 aliphatic rings. The zero-order valence-corrected chi connectivity index (χ0v) is 11.4. The molecule has 0 amide bonds. The van der Waals surface area contributed by atoms with Crippen molar-refractivity contribution in [3.8, 4) is 0 Å². The van der Waals surface area contributed by atoms with Gasteiger partial charge in [-0.2, -0.15) is 0 Å². The molecule has 2 heterocycles. The topological polar surface area (TPSA) is 47.0 Å². The van der Waals surface area contributed by atoms with Crippen LogP contribution in [0.1, 0.15) is 49.2 Å². The van der Waals surface area contributed by atoms with Crippen LogP contribution in [0.5, 0.6) is 0 Å². The molecule has 0 aromatic carbocycles. The van der Waals surface area contributed by atoms with Crippen molar-refractivity contribution in [3.63, 3.8) is 0 Å². The van der Waals surface area contributed by atoms with Gasteiger partial charge in [0.05, 0.1) is 5.69 Å². The van der Waals surface area contributed by atoms with Crippen LogP contribution in [0.2, 0.25) is 0 Å².